The lowest BCUT2D eigenvalue weighted by Crippen LogP contribution is -2.43. The maximum Gasteiger partial charge on any atom is 0.126 e. The van der Waals surface area contributed by atoms with Crippen LogP contribution in [0.15, 0.2) is 42.5 Å². The fourth-order valence-electron chi connectivity index (χ4n) is 2.44. The van der Waals surface area contributed by atoms with Gasteiger partial charge in [0.1, 0.15) is 17.4 Å². The van der Waals surface area contributed by atoms with Crippen LogP contribution in [0, 0.1) is 11.6 Å². The zero-order valence-electron chi connectivity index (χ0n) is 13.5. The van der Waals surface area contributed by atoms with Gasteiger partial charge in [-0.15, -0.1) is 0 Å². The van der Waals surface area contributed by atoms with Crippen LogP contribution in [-0.4, -0.2) is 30.9 Å². The number of benzene rings is 2. The zero-order valence-corrected chi connectivity index (χ0v) is 13.5. The highest BCUT2D eigenvalue weighted by atomic mass is 19.1. The summed E-state index contributed by atoms with van der Waals surface area (Å²) >= 11 is 0. The minimum Gasteiger partial charge on any atom is -0.497 e. The number of ether oxygens (including phenoxy) is 1. The van der Waals surface area contributed by atoms with Crippen molar-refractivity contribution >= 4 is 0 Å². The predicted octanol–water partition coefficient (Wildman–Crippen LogP) is 1.99. The van der Waals surface area contributed by atoms with Gasteiger partial charge < -0.3 is 20.9 Å². The molecule has 0 bridgehead atoms. The van der Waals surface area contributed by atoms with Crippen molar-refractivity contribution in [3.63, 3.8) is 0 Å². The van der Waals surface area contributed by atoms with Crippen molar-refractivity contribution in [1.82, 2.24) is 5.32 Å². The average Bonchev–Trinajstić information content (AvgIpc) is 2.54. The molecule has 0 fully saturated rings. The summed E-state index contributed by atoms with van der Waals surface area (Å²) in [6.45, 7) is 0.825. The molecule has 0 aliphatic heterocycles. The summed E-state index contributed by atoms with van der Waals surface area (Å²) in [4.78, 5) is 0. The quantitative estimate of drug-likeness (QED) is 0.690. The third-order valence-corrected chi connectivity index (χ3v) is 3.70. The van der Waals surface area contributed by atoms with Gasteiger partial charge in [0, 0.05) is 25.2 Å². The van der Waals surface area contributed by atoms with Gasteiger partial charge in [-0.1, -0.05) is 12.1 Å². The molecule has 0 spiro atoms. The van der Waals surface area contributed by atoms with Gasteiger partial charge in [-0.05, 0) is 41.8 Å². The van der Waals surface area contributed by atoms with Crippen molar-refractivity contribution in [3.05, 3.63) is 65.2 Å². The van der Waals surface area contributed by atoms with Crippen LogP contribution < -0.4 is 15.8 Å². The van der Waals surface area contributed by atoms with Gasteiger partial charge >= 0.3 is 0 Å². The van der Waals surface area contributed by atoms with E-state index in [1.54, 1.807) is 7.11 Å². The number of halogens is 2. The second kappa shape index (κ2) is 8.73. The van der Waals surface area contributed by atoms with Gasteiger partial charge in [0.05, 0.1) is 13.2 Å². The van der Waals surface area contributed by atoms with E-state index in [0.717, 1.165) is 17.4 Å². The molecule has 0 heterocycles. The smallest absolute Gasteiger partial charge is 0.126 e. The summed E-state index contributed by atoms with van der Waals surface area (Å²) in [5.41, 5.74) is 7.36. The van der Waals surface area contributed by atoms with E-state index in [0.29, 0.717) is 12.1 Å². The van der Waals surface area contributed by atoms with Gasteiger partial charge in [-0.25, -0.2) is 8.78 Å². The molecule has 1 unspecified atom stereocenters. The molecule has 0 aliphatic carbocycles. The number of nitrogens with one attached hydrogen (secondary N) is 1. The lowest BCUT2D eigenvalue weighted by molar-refractivity contribution is 0.141. The Bertz CT molecular complexity index is 647. The second-order valence-electron chi connectivity index (χ2n) is 5.70. The minimum atomic E-state index is -0.832. The number of hydrogen-bond acceptors (Lipinski definition) is 4. The molecule has 130 valence electrons. The van der Waals surface area contributed by atoms with Gasteiger partial charge in [-0.3, -0.25) is 0 Å². The Kier molecular flexibility index (Phi) is 6.66. The Hall–Kier alpha value is -2.02. The van der Waals surface area contributed by atoms with Crippen LogP contribution in [0.3, 0.4) is 0 Å². The summed E-state index contributed by atoms with van der Waals surface area (Å²) in [7, 11) is 1.60. The number of nitrogens with two attached hydrogens (primary N) is 1. The molecule has 24 heavy (non-hydrogen) atoms. The highest BCUT2D eigenvalue weighted by Gasteiger charge is 2.16. The first-order valence-corrected chi connectivity index (χ1v) is 7.70. The Morgan fingerprint density at radius 3 is 2.50 bits per heavy atom. The highest BCUT2D eigenvalue weighted by Crippen LogP contribution is 2.13. The summed E-state index contributed by atoms with van der Waals surface area (Å²) in [5, 5.41) is 13.2. The molecule has 6 heteroatoms. The summed E-state index contributed by atoms with van der Waals surface area (Å²) < 4.78 is 31.5. The molecule has 0 saturated heterocycles. The summed E-state index contributed by atoms with van der Waals surface area (Å²) in [6.07, 6.45) is -0.640. The lowest BCUT2D eigenvalue weighted by Gasteiger charge is -2.19. The number of aliphatic hydroxyl groups excluding tert-OH is 1. The van der Waals surface area contributed by atoms with Crippen LogP contribution in [0.5, 0.6) is 5.75 Å². The van der Waals surface area contributed by atoms with Crippen LogP contribution in [0.4, 0.5) is 8.78 Å². The van der Waals surface area contributed by atoms with Crippen molar-refractivity contribution < 1.29 is 18.6 Å². The number of aliphatic hydroxyl groups is 1. The van der Waals surface area contributed by atoms with Crippen molar-refractivity contribution in [1.29, 1.82) is 0 Å². The molecule has 0 radical (unpaired) electrons. The van der Waals surface area contributed by atoms with Crippen molar-refractivity contribution in [2.45, 2.75) is 25.1 Å². The first-order valence-electron chi connectivity index (χ1n) is 7.70. The first kappa shape index (κ1) is 18.3. The van der Waals surface area contributed by atoms with Crippen LogP contribution in [-0.2, 0) is 13.0 Å². The minimum absolute atomic E-state index is 0.191. The molecule has 0 aromatic heterocycles. The Labute approximate surface area is 140 Å². The standard InChI is InChI=1S/C18H22F2N2O2/c1-24-16-4-2-3-12(7-16)10-22-11-18(23)17(21)8-13-5-14(19)9-15(20)6-13/h2-7,9,17-18,22-23H,8,10-11,21H2,1H3/t17-,18?/m0/s1. The first-order chi connectivity index (χ1) is 11.5. The van der Waals surface area contributed by atoms with Crippen LogP contribution in [0.1, 0.15) is 11.1 Å². The van der Waals surface area contributed by atoms with Gasteiger partial charge in [0.15, 0.2) is 0 Å². The molecule has 4 nitrogen and oxygen atoms in total. The molecule has 0 aliphatic rings. The highest BCUT2D eigenvalue weighted by molar-refractivity contribution is 5.28. The van der Waals surface area contributed by atoms with Crippen LogP contribution >= 0.6 is 0 Å². The molecule has 2 rings (SSSR count). The Balaban J connectivity index is 1.81. The van der Waals surface area contributed by atoms with E-state index < -0.39 is 23.8 Å². The van der Waals surface area contributed by atoms with Crippen LogP contribution in [0.25, 0.3) is 0 Å². The van der Waals surface area contributed by atoms with Gasteiger partial charge in [0.2, 0.25) is 0 Å². The largest absolute Gasteiger partial charge is 0.497 e. The maximum atomic E-state index is 13.2. The molecule has 0 saturated carbocycles. The Morgan fingerprint density at radius 1 is 1.12 bits per heavy atom. The van der Waals surface area contributed by atoms with E-state index in [1.807, 2.05) is 24.3 Å². The third kappa shape index (κ3) is 5.56. The van der Waals surface area contributed by atoms with Gasteiger partial charge in [0.25, 0.3) is 0 Å². The predicted molar refractivity (Wildman–Crippen MR) is 88.7 cm³/mol. The molecule has 2 atom stereocenters. The monoisotopic (exact) mass is 336 g/mol. The second-order valence-corrected chi connectivity index (χ2v) is 5.70. The van der Waals surface area contributed by atoms with Crippen molar-refractivity contribution in [2.75, 3.05) is 13.7 Å². The Morgan fingerprint density at radius 2 is 1.83 bits per heavy atom. The number of rotatable bonds is 8. The van der Waals surface area contributed by atoms with E-state index in [2.05, 4.69) is 5.32 Å². The van der Waals surface area contributed by atoms with Gasteiger partial charge in [-0.2, -0.15) is 0 Å². The molecule has 2 aromatic carbocycles. The number of methoxy groups -OCH3 is 1. The lowest BCUT2D eigenvalue weighted by atomic mass is 10.0. The summed E-state index contributed by atoms with van der Waals surface area (Å²) in [5.74, 6) is -0.537. The van der Waals surface area contributed by atoms with E-state index in [4.69, 9.17) is 10.5 Å². The fraction of sp³-hybridized carbons (Fsp3) is 0.333. The van der Waals surface area contributed by atoms with Crippen LogP contribution in [0.2, 0.25) is 0 Å². The SMILES string of the molecule is COc1cccc(CNCC(O)[C@@H](N)Cc2cc(F)cc(F)c2)c1. The molecule has 2 aromatic rings. The molecular weight excluding hydrogens is 314 g/mol. The maximum absolute atomic E-state index is 13.2. The summed E-state index contributed by atoms with van der Waals surface area (Å²) in [6, 6.07) is 10.2. The van der Waals surface area contributed by atoms with Crippen molar-refractivity contribution in [2.24, 2.45) is 5.73 Å². The van der Waals surface area contributed by atoms with E-state index in [1.165, 1.54) is 12.1 Å². The molecular formula is C18H22F2N2O2. The number of hydrogen-bond donors (Lipinski definition) is 3. The molecule has 4 N–H and O–H groups in total. The topological polar surface area (TPSA) is 67.5 Å². The van der Waals surface area contributed by atoms with Crippen molar-refractivity contribution in [3.8, 4) is 5.75 Å². The molecule has 0 amide bonds. The fourth-order valence-corrected chi connectivity index (χ4v) is 2.44. The normalized spacial score (nSPS) is 13.5. The zero-order chi connectivity index (χ0) is 17.5. The van der Waals surface area contributed by atoms with E-state index in [9.17, 15) is 13.9 Å². The average molecular weight is 336 g/mol. The third-order valence-electron chi connectivity index (χ3n) is 3.70. The van der Waals surface area contributed by atoms with E-state index in [-0.39, 0.29) is 13.0 Å². The van der Waals surface area contributed by atoms with E-state index >= 15 is 0 Å².